The molecule has 3 heterocycles. The summed E-state index contributed by atoms with van der Waals surface area (Å²) in [7, 11) is 0. The van der Waals surface area contributed by atoms with Crippen LogP contribution in [-0.2, 0) is 19.6 Å². The largest absolute Gasteiger partial charge is 0.460 e. The molecule has 0 radical (unpaired) electrons. The Morgan fingerprint density at radius 1 is 1.04 bits per heavy atom. The molecule has 144 valence electrons. The van der Waals surface area contributed by atoms with Crippen molar-refractivity contribution < 1.29 is 4.42 Å². The number of benzene rings is 1. The van der Waals surface area contributed by atoms with Gasteiger partial charge >= 0.3 is 0 Å². The zero-order valence-electron chi connectivity index (χ0n) is 16.5. The summed E-state index contributed by atoms with van der Waals surface area (Å²) in [5.41, 5.74) is 6.77. The fourth-order valence-corrected chi connectivity index (χ4v) is 3.45. The van der Waals surface area contributed by atoms with Gasteiger partial charge in [0.15, 0.2) is 5.76 Å². The molecule has 0 saturated carbocycles. The van der Waals surface area contributed by atoms with Crippen LogP contribution in [0.5, 0.6) is 0 Å². The highest BCUT2D eigenvalue weighted by molar-refractivity contribution is 5.56. The first kappa shape index (κ1) is 18.3. The first-order valence-electron chi connectivity index (χ1n) is 9.48. The molecule has 0 atom stereocenters. The zero-order chi connectivity index (χ0) is 19.5. The van der Waals surface area contributed by atoms with Crippen LogP contribution in [0.3, 0.4) is 0 Å². The molecular weight excluding hydrogens is 350 g/mol. The average molecular weight is 375 g/mol. The van der Waals surface area contributed by atoms with E-state index < -0.39 is 0 Å². The fourth-order valence-electron chi connectivity index (χ4n) is 3.45. The van der Waals surface area contributed by atoms with E-state index in [-0.39, 0.29) is 0 Å². The highest BCUT2D eigenvalue weighted by atomic mass is 16.3. The number of aromatic nitrogens is 4. The van der Waals surface area contributed by atoms with Crippen LogP contribution in [-0.4, -0.2) is 20.0 Å². The molecule has 3 aromatic heterocycles. The number of hydrogen-bond acceptors (Lipinski definition) is 4. The monoisotopic (exact) mass is 375 g/mol. The van der Waals surface area contributed by atoms with Gasteiger partial charge in [0.2, 0.25) is 0 Å². The lowest BCUT2D eigenvalue weighted by Crippen LogP contribution is -2.14. The van der Waals surface area contributed by atoms with Crippen LogP contribution < -0.4 is 5.32 Å². The molecule has 0 saturated heterocycles. The van der Waals surface area contributed by atoms with Crippen molar-refractivity contribution in [1.29, 1.82) is 0 Å². The lowest BCUT2D eigenvalue weighted by atomic mass is 10.1. The van der Waals surface area contributed by atoms with Crippen molar-refractivity contribution in [3.05, 3.63) is 82.5 Å². The molecule has 4 rings (SSSR count). The number of H-pyrrole nitrogens is 1. The van der Waals surface area contributed by atoms with Crippen LogP contribution >= 0.6 is 0 Å². The second-order valence-corrected chi connectivity index (χ2v) is 7.08. The molecule has 2 N–H and O–H groups in total. The number of rotatable bonds is 7. The highest BCUT2D eigenvalue weighted by Crippen LogP contribution is 2.23. The number of nitrogens with one attached hydrogen (secondary N) is 2. The third-order valence-electron chi connectivity index (χ3n) is 5.03. The molecule has 0 spiro atoms. The predicted molar refractivity (Wildman–Crippen MR) is 109 cm³/mol. The Bertz CT molecular complexity index is 1060. The lowest BCUT2D eigenvalue weighted by Gasteiger charge is -2.07. The van der Waals surface area contributed by atoms with E-state index in [4.69, 9.17) is 9.52 Å². The summed E-state index contributed by atoms with van der Waals surface area (Å²) >= 11 is 0. The maximum Gasteiger partial charge on any atom is 0.152 e. The minimum absolute atomic E-state index is 0.703. The standard InChI is InChI=1S/C22H25N5O/c1-15-9-10-21(28-15)22-19(12-24-25-22)11-23-13-20-16(2)26-27(17(20)3)14-18-7-5-4-6-8-18/h4-10,12,23H,11,13-14H2,1-3H3,(H,24,25). The molecule has 0 unspecified atom stereocenters. The van der Waals surface area contributed by atoms with Crippen LogP contribution in [0, 0.1) is 20.8 Å². The van der Waals surface area contributed by atoms with Crippen molar-refractivity contribution in [2.24, 2.45) is 0 Å². The van der Waals surface area contributed by atoms with E-state index in [0.29, 0.717) is 6.54 Å². The first-order chi connectivity index (χ1) is 13.6. The third kappa shape index (κ3) is 3.77. The van der Waals surface area contributed by atoms with Gasteiger partial charge in [-0.1, -0.05) is 30.3 Å². The molecule has 6 nitrogen and oxygen atoms in total. The van der Waals surface area contributed by atoms with Gasteiger partial charge in [-0.2, -0.15) is 10.2 Å². The van der Waals surface area contributed by atoms with E-state index in [0.717, 1.165) is 41.6 Å². The molecule has 28 heavy (non-hydrogen) atoms. The molecule has 0 bridgehead atoms. The normalized spacial score (nSPS) is 11.2. The van der Waals surface area contributed by atoms with E-state index >= 15 is 0 Å². The van der Waals surface area contributed by atoms with Crippen LogP contribution in [0.4, 0.5) is 0 Å². The van der Waals surface area contributed by atoms with E-state index in [9.17, 15) is 0 Å². The number of nitrogens with zero attached hydrogens (tertiary/aromatic N) is 3. The quantitative estimate of drug-likeness (QED) is 0.509. The molecular formula is C22H25N5O. The number of furan rings is 1. The predicted octanol–water partition coefficient (Wildman–Crippen LogP) is 4.13. The van der Waals surface area contributed by atoms with E-state index in [1.807, 2.05) is 31.3 Å². The van der Waals surface area contributed by atoms with Gasteiger partial charge in [-0.05, 0) is 38.5 Å². The Labute approximate surface area is 164 Å². The lowest BCUT2D eigenvalue weighted by molar-refractivity contribution is 0.545. The maximum absolute atomic E-state index is 5.72. The zero-order valence-corrected chi connectivity index (χ0v) is 16.5. The summed E-state index contributed by atoms with van der Waals surface area (Å²) < 4.78 is 7.80. The fraction of sp³-hybridized carbons (Fsp3) is 0.273. The third-order valence-corrected chi connectivity index (χ3v) is 5.03. The minimum Gasteiger partial charge on any atom is -0.460 e. The van der Waals surface area contributed by atoms with E-state index in [1.165, 1.54) is 16.8 Å². The SMILES string of the molecule is Cc1ccc(-c2[nH]ncc2CNCc2c(C)nn(Cc3ccccc3)c2C)o1. The van der Waals surface area contributed by atoms with E-state index in [2.05, 4.69) is 58.3 Å². The Balaban J connectivity index is 1.43. The molecule has 0 aliphatic rings. The first-order valence-corrected chi connectivity index (χ1v) is 9.48. The van der Waals surface area contributed by atoms with Crippen molar-refractivity contribution in [2.45, 2.75) is 40.4 Å². The Hall–Kier alpha value is -3.12. The van der Waals surface area contributed by atoms with Gasteiger partial charge in [-0.3, -0.25) is 9.78 Å². The minimum atomic E-state index is 0.703. The van der Waals surface area contributed by atoms with Gasteiger partial charge in [0, 0.05) is 29.9 Å². The summed E-state index contributed by atoms with van der Waals surface area (Å²) in [5.74, 6) is 1.70. The Morgan fingerprint density at radius 3 is 2.61 bits per heavy atom. The summed E-state index contributed by atoms with van der Waals surface area (Å²) in [5, 5.41) is 15.5. The van der Waals surface area contributed by atoms with Crippen LogP contribution in [0.2, 0.25) is 0 Å². The number of hydrogen-bond donors (Lipinski definition) is 2. The van der Waals surface area contributed by atoms with Gasteiger partial charge in [0.05, 0.1) is 18.4 Å². The summed E-state index contributed by atoms with van der Waals surface area (Å²) in [6.45, 7) is 8.39. The smallest absolute Gasteiger partial charge is 0.152 e. The molecule has 0 aliphatic carbocycles. The molecule has 6 heteroatoms. The van der Waals surface area contributed by atoms with Crippen molar-refractivity contribution >= 4 is 0 Å². The summed E-state index contributed by atoms with van der Waals surface area (Å²) in [4.78, 5) is 0. The van der Waals surface area contributed by atoms with Gasteiger partial charge in [0.25, 0.3) is 0 Å². The molecule has 0 fully saturated rings. The summed E-state index contributed by atoms with van der Waals surface area (Å²) in [6.07, 6.45) is 1.85. The molecule has 0 amide bonds. The van der Waals surface area contributed by atoms with Crippen molar-refractivity contribution in [3.63, 3.8) is 0 Å². The molecule has 4 aromatic rings. The summed E-state index contributed by atoms with van der Waals surface area (Å²) in [6, 6.07) is 14.3. The van der Waals surface area contributed by atoms with Crippen LogP contribution in [0.1, 0.15) is 33.8 Å². The molecule has 1 aromatic carbocycles. The van der Waals surface area contributed by atoms with Gasteiger partial charge in [0.1, 0.15) is 11.5 Å². The average Bonchev–Trinajstić information content (AvgIpc) is 3.38. The maximum atomic E-state index is 5.72. The van der Waals surface area contributed by atoms with Crippen LogP contribution in [0.25, 0.3) is 11.5 Å². The van der Waals surface area contributed by atoms with Crippen LogP contribution in [0.15, 0.2) is 53.1 Å². The van der Waals surface area contributed by atoms with Crippen molar-refractivity contribution in [3.8, 4) is 11.5 Å². The highest BCUT2D eigenvalue weighted by Gasteiger charge is 2.14. The number of aryl methyl sites for hydroxylation is 2. The number of aromatic amines is 1. The van der Waals surface area contributed by atoms with Crippen molar-refractivity contribution in [1.82, 2.24) is 25.3 Å². The van der Waals surface area contributed by atoms with Gasteiger partial charge in [-0.25, -0.2) is 0 Å². The van der Waals surface area contributed by atoms with Crippen molar-refractivity contribution in [2.75, 3.05) is 0 Å². The van der Waals surface area contributed by atoms with E-state index in [1.54, 1.807) is 0 Å². The second kappa shape index (κ2) is 7.86. The van der Waals surface area contributed by atoms with Gasteiger partial charge < -0.3 is 9.73 Å². The Kier molecular flexibility index (Phi) is 5.12. The Morgan fingerprint density at radius 2 is 1.86 bits per heavy atom. The second-order valence-electron chi connectivity index (χ2n) is 7.08. The molecule has 0 aliphatic heterocycles. The topological polar surface area (TPSA) is 71.7 Å². The van der Waals surface area contributed by atoms with Gasteiger partial charge in [-0.15, -0.1) is 0 Å².